The molecule has 0 aliphatic heterocycles. The highest BCUT2D eigenvalue weighted by Crippen LogP contribution is 2.18. The molecular formula is C13H25N5. The Morgan fingerprint density at radius 3 is 2.56 bits per heavy atom. The number of hydrogen-bond acceptors (Lipinski definition) is 5. The summed E-state index contributed by atoms with van der Waals surface area (Å²) in [5.74, 6) is 2.48. The van der Waals surface area contributed by atoms with Gasteiger partial charge in [0.25, 0.3) is 0 Å². The van der Waals surface area contributed by atoms with Gasteiger partial charge in [-0.3, -0.25) is 0 Å². The summed E-state index contributed by atoms with van der Waals surface area (Å²) in [5.41, 5.74) is 5.55. The topological polar surface area (TPSA) is 75.9 Å². The number of aryl methyl sites for hydroxylation is 1. The van der Waals surface area contributed by atoms with Crippen LogP contribution in [0.5, 0.6) is 0 Å². The number of nitrogens with zero attached hydrogens (tertiary/aromatic N) is 2. The standard InChI is InChI=1S/C13H25N5/c1-5-8-15-11-9-12(17-10(2)16-11)18-13(3,4)6-7-14/h9H,5-8,14H2,1-4H3,(H2,15,16,17,18). The lowest BCUT2D eigenvalue weighted by molar-refractivity contribution is 0.524. The zero-order valence-electron chi connectivity index (χ0n) is 11.9. The Kier molecular flexibility index (Phi) is 5.34. The number of anilines is 2. The molecule has 5 heteroatoms. The third-order valence-corrected chi connectivity index (χ3v) is 2.63. The molecule has 0 amide bonds. The molecule has 0 aliphatic rings. The lowest BCUT2D eigenvalue weighted by atomic mass is 10.0. The average Bonchev–Trinajstić information content (AvgIpc) is 2.24. The van der Waals surface area contributed by atoms with Gasteiger partial charge in [-0.1, -0.05) is 6.92 Å². The van der Waals surface area contributed by atoms with Gasteiger partial charge >= 0.3 is 0 Å². The molecular weight excluding hydrogens is 226 g/mol. The summed E-state index contributed by atoms with van der Waals surface area (Å²) in [4.78, 5) is 8.77. The van der Waals surface area contributed by atoms with E-state index in [0.29, 0.717) is 6.54 Å². The van der Waals surface area contributed by atoms with Gasteiger partial charge in [-0.25, -0.2) is 9.97 Å². The van der Waals surface area contributed by atoms with Crippen molar-refractivity contribution in [1.29, 1.82) is 0 Å². The molecule has 1 aromatic heterocycles. The predicted octanol–water partition coefficient (Wildman–Crippen LogP) is 2.15. The highest BCUT2D eigenvalue weighted by molar-refractivity contribution is 5.48. The fourth-order valence-electron chi connectivity index (χ4n) is 1.75. The van der Waals surface area contributed by atoms with Crippen molar-refractivity contribution in [2.24, 2.45) is 5.73 Å². The first-order valence-corrected chi connectivity index (χ1v) is 6.54. The summed E-state index contributed by atoms with van der Waals surface area (Å²) in [5, 5.41) is 6.68. The first-order valence-electron chi connectivity index (χ1n) is 6.54. The fraction of sp³-hybridized carbons (Fsp3) is 0.692. The third kappa shape index (κ3) is 4.87. The Morgan fingerprint density at radius 1 is 1.28 bits per heavy atom. The molecule has 0 unspecified atom stereocenters. The maximum atomic E-state index is 5.61. The van der Waals surface area contributed by atoms with Crippen LogP contribution >= 0.6 is 0 Å². The monoisotopic (exact) mass is 251 g/mol. The average molecular weight is 251 g/mol. The lowest BCUT2D eigenvalue weighted by Gasteiger charge is -2.26. The van der Waals surface area contributed by atoms with Crippen molar-refractivity contribution in [2.75, 3.05) is 23.7 Å². The van der Waals surface area contributed by atoms with Crippen LogP contribution in [-0.2, 0) is 0 Å². The Bertz CT molecular complexity index is 376. The van der Waals surface area contributed by atoms with Crippen LogP contribution in [0.15, 0.2) is 6.07 Å². The zero-order chi connectivity index (χ0) is 13.6. The van der Waals surface area contributed by atoms with Gasteiger partial charge < -0.3 is 16.4 Å². The number of rotatable bonds is 7. The Morgan fingerprint density at radius 2 is 1.94 bits per heavy atom. The quantitative estimate of drug-likeness (QED) is 0.692. The van der Waals surface area contributed by atoms with Gasteiger partial charge in [0.2, 0.25) is 0 Å². The Balaban J connectivity index is 2.79. The van der Waals surface area contributed by atoms with Crippen molar-refractivity contribution in [3.63, 3.8) is 0 Å². The van der Waals surface area contributed by atoms with E-state index < -0.39 is 0 Å². The molecule has 0 saturated heterocycles. The predicted molar refractivity (Wildman–Crippen MR) is 76.9 cm³/mol. The number of hydrogen-bond donors (Lipinski definition) is 3. The largest absolute Gasteiger partial charge is 0.370 e. The van der Waals surface area contributed by atoms with Crippen LogP contribution < -0.4 is 16.4 Å². The number of nitrogens with two attached hydrogens (primary N) is 1. The highest BCUT2D eigenvalue weighted by Gasteiger charge is 2.17. The van der Waals surface area contributed by atoms with E-state index in [9.17, 15) is 0 Å². The van der Waals surface area contributed by atoms with Crippen molar-refractivity contribution >= 4 is 11.6 Å². The van der Waals surface area contributed by atoms with Crippen molar-refractivity contribution in [3.05, 3.63) is 11.9 Å². The van der Waals surface area contributed by atoms with Crippen molar-refractivity contribution in [1.82, 2.24) is 9.97 Å². The molecule has 1 aromatic rings. The molecule has 102 valence electrons. The second-order valence-corrected chi connectivity index (χ2v) is 5.16. The lowest BCUT2D eigenvalue weighted by Crippen LogP contribution is -2.34. The molecule has 0 fully saturated rings. The highest BCUT2D eigenvalue weighted by atomic mass is 15.1. The van der Waals surface area contributed by atoms with Crippen LogP contribution in [0.4, 0.5) is 11.6 Å². The van der Waals surface area contributed by atoms with E-state index in [1.165, 1.54) is 0 Å². The molecule has 0 aliphatic carbocycles. The van der Waals surface area contributed by atoms with E-state index in [1.54, 1.807) is 0 Å². The first kappa shape index (κ1) is 14.7. The van der Waals surface area contributed by atoms with Crippen LogP contribution in [0, 0.1) is 6.92 Å². The maximum Gasteiger partial charge on any atom is 0.132 e. The van der Waals surface area contributed by atoms with Gasteiger partial charge in [0.15, 0.2) is 0 Å². The summed E-state index contributed by atoms with van der Waals surface area (Å²) < 4.78 is 0. The molecule has 0 aromatic carbocycles. The molecule has 5 nitrogen and oxygen atoms in total. The van der Waals surface area contributed by atoms with E-state index in [4.69, 9.17) is 5.73 Å². The smallest absolute Gasteiger partial charge is 0.132 e. The van der Waals surface area contributed by atoms with Crippen LogP contribution in [-0.4, -0.2) is 28.6 Å². The van der Waals surface area contributed by atoms with Gasteiger partial charge in [-0.2, -0.15) is 0 Å². The summed E-state index contributed by atoms with van der Waals surface area (Å²) in [6.07, 6.45) is 1.97. The molecule has 0 radical (unpaired) electrons. The Labute approximate surface area is 110 Å². The molecule has 0 atom stereocenters. The molecule has 0 saturated carbocycles. The second-order valence-electron chi connectivity index (χ2n) is 5.16. The van der Waals surface area contributed by atoms with Crippen molar-refractivity contribution < 1.29 is 0 Å². The van der Waals surface area contributed by atoms with Gasteiger partial charge in [0.05, 0.1) is 0 Å². The number of aromatic nitrogens is 2. The van der Waals surface area contributed by atoms with E-state index in [0.717, 1.165) is 36.8 Å². The minimum Gasteiger partial charge on any atom is -0.370 e. The first-order chi connectivity index (χ1) is 8.46. The summed E-state index contributed by atoms with van der Waals surface area (Å²) in [6, 6.07) is 1.95. The van der Waals surface area contributed by atoms with Gasteiger partial charge in [-0.05, 0) is 40.2 Å². The van der Waals surface area contributed by atoms with E-state index in [-0.39, 0.29) is 5.54 Å². The van der Waals surface area contributed by atoms with Crippen molar-refractivity contribution in [2.45, 2.75) is 46.1 Å². The maximum absolute atomic E-state index is 5.61. The van der Waals surface area contributed by atoms with Crippen LogP contribution in [0.2, 0.25) is 0 Å². The summed E-state index contributed by atoms with van der Waals surface area (Å²) >= 11 is 0. The van der Waals surface area contributed by atoms with Crippen LogP contribution in [0.3, 0.4) is 0 Å². The molecule has 0 spiro atoms. The second kappa shape index (κ2) is 6.54. The summed E-state index contributed by atoms with van der Waals surface area (Å²) in [6.45, 7) is 9.85. The molecule has 0 bridgehead atoms. The SMILES string of the molecule is CCCNc1cc(NC(C)(C)CCN)nc(C)n1. The van der Waals surface area contributed by atoms with E-state index >= 15 is 0 Å². The normalized spacial score (nSPS) is 11.4. The van der Waals surface area contributed by atoms with Gasteiger partial charge in [0, 0.05) is 18.2 Å². The minimum absolute atomic E-state index is 0.0580. The van der Waals surface area contributed by atoms with Crippen LogP contribution in [0.1, 0.15) is 39.4 Å². The van der Waals surface area contributed by atoms with Gasteiger partial charge in [0.1, 0.15) is 17.5 Å². The summed E-state index contributed by atoms with van der Waals surface area (Å²) in [7, 11) is 0. The minimum atomic E-state index is -0.0580. The van der Waals surface area contributed by atoms with Crippen molar-refractivity contribution in [3.8, 4) is 0 Å². The van der Waals surface area contributed by atoms with Gasteiger partial charge in [-0.15, -0.1) is 0 Å². The molecule has 18 heavy (non-hydrogen) atoms. The Hall–Kier alpha value is -1.36. The number of nitrogens with one attached hydrogen (secondary N) is 2. The van der Waals surface area contributed by atoms with E-state index in [2.05, 4.69) is 41.4 Å². The van der Waals surface area contributed by atoms with E-state index in [1.807, 2.05) is 13.0 Å². The molecule has 1 heterocycles. The molecule has 4 N–H and O–H groups in total. The zero-order valence-corrected chi connectivity index (χ0v) is 11.9. The third-order valence-electron chi connectivity index (χ3n) is 2.63. The molecule has 1 rings (SSSR count). The van der Waals surface area contributed by atoms with Crippen LogP contribution in [0.25, 0.3) is 0 Å². The fourth-order valence-corrected chi connectivity index (χ4v) is 1.75.